The van der Waals surface area contributed by atoms with E-state index in [0.29, 0.717) is 19.4 Å². The number of nitrogens with zero attached hydrogens (tertiary/aromatic N) is 2. The van der Waals surface area contributed by atoms with Crippen LogP contribution in [0.4, 0.5) is 4.39 Å². The molecule has 2 heterocycles. The summed E-state index contributed by atoms with van der Waals surface area (Å²) < 4.78 is 12.9. The fraction of sp³-hybridized carbons (Fsp3) is 0.364. The van der Waals surface area contributed by atoms with Gasteiger partial charge in [-0.05, 0) is 18.9 Å². The zero-order chi connectivity index (χ0) is 12.4. The fourth-order valence-electron chi connectivity index (χ4n) is 1.97. The highest BCUT2D eigenvalue weighted by molar-refractivity contribution is 5.96. The second kappa shape index (κ2) is 4.48. The van der Waals surface area contributed by atoms with Crippen molar-refractivity contribution in [2.24, 2.45) is 0 Å². The third kappa shape index (κ3) is 2.25. The molecule has 0 saturated carbocycles. The monoisotopic (exact) mass is 238 g/mol. The molecule has 2 rings (SSSR count). The van der Waals surface area contributed by atoms with Gasteiger partial charge in [0.1, 0.15) is 6.04 Å². The van der Waals surface area contributed by atoms with Crippen molar-refractivity contribution in [1.82, 2.24) is 9.88 Å². The Kier molecular flexibility index (Phi) is 3.03. The lowest BCUT2D eigenvalue weighted by Gasteiger charge is -2.21. The Labute approximate surface area is 96.9 Å². The number of amides is 1. The van der Waals surface area contributed by atoms with Crippen LogP contribution in [0.25, 0.3) is 0 Å². The molecule has 1 unspecified atom stereocenters. The van der Waals surface area contributed by atoms with Crippen LogP contribution in [-0.2, 0) is 4.79 Å². The Morgan fingerprint density at radius 3 is 2.94 bits per heavy atom. The van der Waals surface area contributed by atoms with Gasteiger partial charge < -0.3 is 10.0 Å². The molecule has 1 aromatic heterocycles. The van der Waals surface area contributed by atoms with Crippen molar-refractivity contribution < 1.29 is 19.1 Å². The molecule has 1 saturated heterocycles. The van der Waals surface area contributed by atoms with E-state index in [9.17, 15) is 14.0 Å². The average molecular weight is 238 g/mol. The second-order valence-corrected chi connectivity index (χ2v) is 3.86. The normalized spacial score (nSPS) is 19.4. The minimum absolute atomic E-state index is 0.130. The van der Waals surface area contributed by atoms with E-state index < -0.39 is 23.9 Å². The molecule has 6 heteroatoms. The number of rotatable bonds is 2. The lowest BCUT2D eigenvalue weighted by molar-refractivity contribution is -0.141. The van der Waals surface area contributed by atoms with Gasteiger partial charge in [-0.25, -0.2) is 9.78 Å². The molecule has 1 N–H and O–H groups in total. The number of aliphatic carboxylic acids is 1. The maximum Gasteiger partial charge on any atom is 0.326 e. The van der Waals surface area contributed by atoms with Crippen LogP contribution in [0.5, 0.6) is 0 Å². The number of pyridine rings is 1. The summed E-state index contributed by atoms with van der Waals surface area (Å²) >= 11 is 0. The predicted molar refractivity (Wildman–Crippen MR) is 55.9 cm³/mol. The highest BCUT2D eigenvalue weighted by atomic mass is 19.1. The van der Waals surface area contributed by atoms with Crippen LogP contribution in [0.3, 0.4) is 0 Å². The Morgan fingerprint density at radius 1 is 1.53 bits per heavy atom. The van der Waals surface area contributed by atoms with Gasteiger partial charge in [-0.1, -0.05) is 0 Å². The summed E-state index contributed by atoms with van der Waals surface area (Å²) in [5, 5.41) is 8.95. The summed E-state index contributed by atoms with van der Waals surface area (Å²) in [6.45, 7) is 0.389. The van der Waals surface area contributed by atoms with Crippen LogP contribution >= 0.6 is 0 Å². The van der Waals surface area contributed by atoms with Crippen LogP contribution in [-0.4, -0.2) is 39.5 Å². The summed E-state index contributed by atoms with van der Waals surface area (Å²) in [5.74, 6) is -2.23. The lowest BCUT2D eigenvalue weighted by Crippen LogP contribution is -2.40. The van der Waals surface area contributed by atoms with Gasteiger partial charge in [0.2, 0.25) is 5.95 Å². The van der Waals surface area contributed by atoms with E-state index in [4.69, 9.17) is 5.11 Å². The molecule has 0 radical (unpaired) electrons. The van der Waals surface area contributed by atoms with Gasteiger partial charge >= 0.3 is 5.97 Å². The van der Waals surface area contributed by atoms with Crippen LogP contribution in [0.15, 0.2) is 18.3 Å². The SMILES string of the molecule is O=C(O)C1CCCN1C(=O)c1ccnc(F)c1. The summed E-state index contributed by atoms with van der Waals surface area (Å²) in [4.78, 5) is 27.5. The summed E-state index contributed by atoms with van der Waals surface area (Å²) in [5.41, 5.74) is 0.130. The van der Waals surface area contributed by atoms with Crippen LogP contribution in [0.1, 0.15) is 23.2 Å². The van der Waals surface area contributed by atoms with Crippen LogP contribution < -0.4 is 0 Å². The third-order valence-corrected chi connectivity index (χ3v) is 2.77. The molecule has 5 nitrogen and oxygen atoms in total. The molecule has 17 heavy (non-hydrogen) atoms. The topological polar surface area (TPSA) is 70.5 Å². The number of likely N-dealkylation sites (tertiary alicyclic amines) is 1. The molecule has 1 aromatic rings. The average Bonchev–Trinajstić information content (AvgIpc) is 2.77. The summed E-state index contributed by atoms with van der Waals surface area (Å²) in [6, 6.07) is 1.58. The van der Waals surface area contributed by atoms with Crippen molar-refractivity contribution in [3.05, 3.63) is 29.8 Å². The number of carboxylic acids is 1. The third-order valence-electron chi connectivity index (χ3n) is 2.77. The van der Waals surface area contributed by atoms with Gasteiger partial charge in [0.15, 0.2) is 0 Å². The number of carbonyl (C=O) groups is 2. The van der Waals surface area contributed by atoms with Gasteiger partial charge in [-0.2, -0.15) is 4.39 Å². The van der Waals surface area contributed by atoms with Gasteiger partial charge in [0.25, 0.3) is 5.91 Å². The number of halogens is 1. The first-order valence-electron chi connectivity index (χ1n) is 5.25. The number of hydrogen-bond donors (Lipinski definition) is 1. The Bertz CT molecular complexity index is 464. The van der Waals surface area contributed by atoms with Crippen molar-refractivity contribution in [1.29, 1.82) is 0 Å². The largest absolute Gasteiger partial charge is 0.480 e. The Hall–Kier alpha value is -1.98. The fourth-order valence-corrected chi connectivity index (χ4v) is 1.97. The van der Waals surface area contributed by atoms with E-state index in [-0.39, 0.29) is 5.56 Å². The molecular formula is C11H11FN2O3. The smallest absolute Gasteiger partial charge is 0.326 e. The van der Waals surface area contributed by atoms with Crippen LogP contribution in [0, 0.1) is 5.95 Å². The predicted octanol–water partition coefficient (Wildman–Crippen LogP) is 0.910. The summed E-state index contributed by atoms with van der Waals surface area (Å²) in [7, 11) is 0. The maximum absolute atomic E-state index is 12.9. The minimum atomic E-state index is -1.02. The van der Waals surface area contributed by atoms with Gasteiger partial charge in [0.05, 0.1) is 0 Å². The number of carboxylic acid groups (broad SMARTS) is 1. The molecule has 1 amide bonds. The quantitative estimate of drug-likeness (QED) is 0.777. The second-order valence-electron chi connectivity index (χ2n) is 3.86. The van der Waals surface area contributed by atoms with E-state index in [1.54, 1.807) is 0 Å². The molecule has 0 aliphatic carbocycles. The molecule has 1 fully saturated rings. The van der Waals surface area contributed by atoms with E-state index in [2.05, 4.69) is 4.98 Å². The molecule has 90 valence electrons. The van der Waals surface area contributed by atoms with E-state index in [1.165, 1.54) is 17.2 Å². The first kappa shape index (κ1) is 11.5. The van der Waals surface area contributed by atoms with E-state index in [1.807, 2.05) is 0 Å². The summed E-state index contributed by atoms with van der Waals surface area (Å²) in [6.07, 6.45) is 2.28. The van der Waals surface area contributed by atoms with Crippen molar-refractivity contribution in [2.45, 2.75) is 18.9 Å². The van der Waals surface area contributed by atoms with Crippen molar-refractivity contribution >= 4 is 11.9 Å². The highest BCUT2D eigenvalue weighted by Gasteiger charge is 2.34. The molecule has 0 bridgehead atoms. The van der Waals surface area contributed by atoms with Gasteiger partial charge in [-0.3, -0.25) is 4.79 Å². The zero-order valence-corrected chi connectivity index (χ0v) is 8.97. The molecule has 1 atom stereocenters. The highest BCUT2D eigenvalue weighted by Crippen LogP contribution is 2.20. The minimum Gasteiger partial charge on any atom is -0.480 e. The van der Waals surface area contributed by atoms with Crippen molar-refractivity contribution in [2.75, 3.05) is 6.54 Å². The lowest BCUT2D eigenvalue weighted by atomic mass is 10.2. The first-order chi connectivity index (χ1) is 8.09. The van der Waals surface area contributed by atoms with Crippen LogP contribution in [0.2, 0.25) is 0 Å². The van der Waals surface area contributed by atoms with Gasteiger partial charge in [0, 0.05) is 24.4 Å². The molecule has 0 aromatic carbocycles. The molecular weight excluding hydrogens is 227 g/mol. The number of aromatic nitrogens is 1. The zero-order valence-electron chi connectivity index (χ0n) is 8.97. The van der Waals surface area contributed by atoms with Crippen molar-refractivity contribution in [3.8, 4) is 0 Å². The number of hydrogen-bond acceptors (Lipinski definition) is 3. The molecule has 1 aliphatic heterocycles. The molecule has 1 aliphatic rings. The first-order valence-corrected chi connectivity index (χ1v) is 5.25. The van der Waals surface area contributed by atoms with E-state index >= 15 is 0 Å². The maximum atomic E-state index is 12.9. The van der Waals surface area contributed by atoms with E-state index in [0.717, 1.165) is 6.07 Å². The van der Waals surface area contributed by atoms with Crippen molar-refractivity contribution in [3.63, 3.8) is 0 Å². The standard InChI is InChI=1S/C11H11FN2O3/c12-9-6-7(3-4-13-9)10(15)14-5-1-2-8(14)11(16)17/h3-4,6,8H,1-2,5H2,(H,16,17). The Morgan fingerprint density at radius 2 is 2.29 bits per heavy atom. The van der Waals surface area contributed by atoms with Gasteiger partial charge in [-0.15, -0.1) is 0 Å². The number of carbonyl (C=O) groups excluding carboxylic acids is 1. The molecule has 0 spiro atoms. The Balaban J connectivity index is 2.23.